The Hall–Kier alpha value is -3.74. The molecule has 1 aromatic heterocycles. The zero-order chi connectivity index (χ0) is 20.3. The average molecular weight is 377 g/mol. The second-order valence-electron chi connectivity index (χ2n) is 6.57. The summed E-state index contributed by atoms with van der Waals surface area (Å²) in [7, 11) is 0. The summed E-state index contributed by atoms with van der Waals surface area (Å²) in [6, 6.07) is 14.4. The van der Waals surface area contributed by atoms with E-state index in [1.54, 1.807) is 0 Å². The highest BCUT2D eigenvalue weighted by Gasteiger charge is 2.11. The van der Waals surface area contributed by atoms with Gasteiger partial charge in [-0.2, -0.15) is 0 Å². The van der Waals surface area contributed by atoms with Crippen LogP contribution in [0.3, 0.4) is 0 Å². The molecule has 0 atom stereocenters. The number of nitrogens with zero attached hydrogens (tertiary/aromatic N) is 2. The standard InChI is InChI=1S/C21H19N3O4/c1-14-3-4-15(2)17(11-14)13-23-12-16(5-10-20(23)25)21(26)22-18-6-8-19(9-7-18)24(27)28/h3-12H,13H2,1-2H3,(H,22,26). The molecule has 0 saturated carbocycles. The summed E-state index contributed by atoms with van der Waals surface area (Å²) in [5, 5.41) is 13.4. The molecule has 7 nitrogen and oxygen atoms in total. The fraction of sp³-hybridized carbons (Fsp3) is 0.143. The van der Waals surface area contributed by atoms with Gasteiger partial charge in [-0.3, -0.25) is 19.7 Å². The Labute approximate surface area is 161 Å². The highest BCUT2D eigenvalue weighted by molar-refractivity contribution is 6.04. The summed E-state index contributed by atoms with van der Waals surface area (Å²) in [5.41, 5.74) is 3.67. The number of nitro groups is 1. The number of aromatic nitrogens is 1. The number of non-ortho nitro benzene ring substituents is 1. The Morgan fingerprint density at radius 1 is 1.07 bits per heavy atom. The van der Waals surface area contributed by atoms with Gasteiger partial charge in [0, 0.05) is 30.1 Å². The number of amides is 1. The van der Waals surface area contributed by atoms with Gasteiger partial charge in [-0.15, -0.1) is 0 Å². The molecule has 7 heteroatoms. The molecule has 0 fully saturated rings. The van der Waals surface area contributed by atoms with Crippen molar-refractivity contribution in [2.75, 3.05) is 5.32 Å². The number of hydrogen-bond acceptors (Lipinski definition) is 4. The molecule has 2 aromatic carbocycles. The number of carbonyl (C=O) groups excluding carboxylic acids is 1. The first-order valence-electron chi connectivity index (χ1n) is 8.66. The largest absolute Gasteiger partial charge is 0.322 e. The van der Waals surface area contributed by atoms with E-state index in [0.29, 0.717) is 17.8 Å². The number of anilines is 1. The first kappa shape index (κ1) is 19.0. The van der Waals surface area contributed by atoms with Gasteiger partial charge < -0.3 is 9.88 Å². The highest BCUT2D eigenvalue weighted by atomic mass is 16.6. The second-order valence-corrected chi connectivity index (χ2v) is 6.57. The van der Waals surface area contributed by atoms with Crippen LogP contribution in [0.1, 0.15) is 27.0 Å². The van der Waals surface area contributed by atoms with Crippen LogP contribution in [0, 0.1) is 24.0 Å². The Kier molecular flexibility index (Phi) is 5.35. The van der Waals surface area contributed by atoms with E-state index in [0.717, 1.165) is 16.7 Å². The quantitative estimate of drug-likeness (QED) is 0.542. The summed E-state index contributed by atoms with van der Waals surface area (Å²) < 4.78 is 1.49. The number of carbonyl (C=O) groups is 1. The van der Waals surface area contributed by atoms with Crippen molar-refractivity contribution in [3.8, 4) is 0 Å². The number of nitrogens with one attached hydrogen (secondary N) is 1. The van der Waals surface area contributed by atoms with Crippen molar-refractivity contribution in [2.24, 2.45) is 0 Å². The monoisotopic (exact) mass is 377 g/mol. The SMILES string of the molecule is Cc1ccc(C)c(Cn2cc(C(=O)Nc3ccc([N+](=O)[O-])cc3)ccc2=O)c1. The molecule has 1 heterocycles. The number of rotatable bonds is 5. The van der Waals surface area contributed by atoms with E-state index in [2.05, 4.69) is 5.32 Å². The van der Waals surface area contributed by atoms with Crippen LogP contribution in [-0.2, 0) is 6.54 Å². The van der Waals surface area contributed by atoms with Gasteiger partial charge in [0.15, 0.2) is 0 Å². The van der Waals surface area contributed by atoms with Crippen LogP contribution < -0.4 is 10.9 Å². The number of hydrogen-bond donors (Lipinski definition) is 1. The van der Waals surface area contributed by atoms with Gasteiger partial charge in [0.1, 0.15) is 0 Å². The average Bonchev–Trinajstić information content (AvgIpc) is 2.66. The van der Waals surface area contributed by atoms with E-state index < -0.39 is 10.8 Å². The summed E-state index contributed by atoms with van der Waals surface area (Å²) in [6.45, 7) is 4.33. The fourth-order valence-electron chi connectivity index (χ4n) is 2.81. The van der Waals surface area contributed by atoms with E-state index in [9.17, 15) is 19.7 Å². The van der Waals surface area contributed by atoms with Crippen LogP contribution in [0.25, 0.3) is 0 Å². The third-order valence-corrected chi connectivity index (χ3v) is 4.43. The molecule has 142 valence electrons. The van der Waals surface area contributed by atoms with E-state index in [-0.39, 0.29) is 11.2 Å². The summed E-state index contributed by atoms with van der Waals surface area (Å²) >= 11 is 0. The molecule has 0 bridgehead atoms. The van der Waals surface area contributed by atoms with Gasteiger partial charge in [0.05, 0.1) is 17.0 Å². The van der Waals surface area contributed by atoms with Crippen LogP contribution in [0.15, 0.2) is 65.6 Å². The number of nitro benzene ring substituents is 1. The third kappa shape index (κ3) is 4.32. The van der Waals surface area contributed by atoms with Crippen molar-refractivity contribution in [2.45, 2.75) is 20.4 Å². The topological polar surface area (TPSA) is 94.2 Å². The molecule has 3 rings (SSSR count). The molecule has 28 heavy (non-hydrogen) atoms. The van der Waals surface area contributed by atoms with Gasteiger partial charge in [-0.05, 0) is 43.2 Å². The maximum atomic E-state index is 12.5. The van der Waals surface area contributed by atoms with Gasteiger partial charge in [-0.25, -0.2) is 0 Å². The predicted molar refractivity (Wildman–Crippen MR) is 107 cm³/mol. The number of benzene rings is 2. The molecular formula is C21H19N3O4. The van der Waals surface area contributed by atoms with Crippen molar-refractivity contribution < 1.29 is 9.72 Å². The lowest BCUT2D eigenvalue weighted by molar-refractivity contribution is -0.384. The first-order valence-corrected chi connectivity index (χ1v) is 8.66. The maximum absolute atomic E-state index is 12.5. The smallest absolute Gasteiger partial charge is 0.269 e. The molecule has 0 aliphatic rings. The lowest BCUT2D eigenvalue weighted by Crippen LogP contribution is -2.23. The molecule has 1 N–H and O–H groups in total. The normalized spacial score (nSPS) is 10.5. The predicted octanol–water partition coefficient (Wildman–Crippen LogP) is 3.67. The molecule has 0 aliphatic carbocycles. The lowest BCUT2D eigenvalue weighted by Gasteiger charge is -2.11. The minimum absolute atomic E-state index is 0.0555. The zero-order valence-electron chi connectivity index (χ0n) is 15.5. The molecule has 0 aliphatic heterocycles. The van der Waals surface area contributed by atoms with Crippen molar-refractivity contribution in [3.05, 3.63) is 104 Å². The summed E-state index contributed by atoms with van der Waals surface area (Å²) in [4.78, 5) is 34.9. The van der Waals surface area contributed by atoms with E-state index in [4.69, 9.17) is 0 Å². The highest BCUT2D eigenvalue weighted by Crippen LogP contribution is 2.16. The van der Waals surface area contributed by atoms with Crippen molar-refractivity contribution in [1.29, 1.82) is 0 Å². The number of aryl methyl sites for hydroxylation is 2. The Balaban J connectivity index is 1.82. The fourth-order valence-corrected chi connectivity index (χ4v) is 2.81. The second kappa shape index (κ2) is 7.87. The minimum atomic E-state index is -0.505. The molecule has 0 unspecified atom stereocenters. The molecule has 3 aromatic rings. The van der Waals surface area contributed by atoms with Crippen molar-refractivity contribution >= 4 is 17.3 Å². The molecular weight excluding hydrogens is 358 g/mol. The zero-order valence-corrected chi connectivity index (χ0v) is 15.5. The van der Waals surface area contributed by atoms with Crippen LogP contribution in [0.5, 0.6) is 0 Å². The van der Waals surface area contributed by atoms with Crippen LogP contribution >= 0.6 is 0 Å². The Bertz CT molecular complexity index is 1100. The van der Waals surface area contributed by atoms with Gasteiger partial charge >= 0.3 is 0 Å². The molecule has 0 saturated heterocycles. The van der Waals surface area contributed by atoms with Gasteiger partial charge in [0.2, 0.25) is 0 Å². The van der Waals surface area contributed by atoms with Crippen LogP contribution in [0.4, 0.5) is 11.4 Å². The Morgan fingerprint density at radius 2 is 1.79 bits per heavy atom. The summed E-state index contributed by atoms with van der Waals surface area (Å²) in [5.74, 6) is -0.399. The van der Waals surface area contributed by atoms with E-state index in [1.165, 1.54) is 47.2 Å². The van der Waals surface area contributed by atoms with E-state index >= 15 is 0 Å². The molecule has 0 radical (unpaired) electrons. The van der Waals surface area contributed by atoms with Gasteiger partial charge in [-0.1, -0.05) is 23.8 Å². The van der Waals surface area contributed by atoms with Crippen LogP contribution in [-0.4, -0.2) is 15.4 Å². The first-order chi connectivity index (χ1) is 13.3. The minimum Gasteiger partial charge on any atom is -0.322 e. The number of pyridine rings is 1. The molecule has 1 amide bonds. The Morgan fingerprint density at radius 3 is 2.46 bits per heavy atom. The third-order valence-electron chi connectivity index (χ3n) is 4.43. The lowest BCUT2D eigenvalue weighted by atomic mass is 10.1. The summed E-state index contributed by atoms with van der Waals surface area (Å²) in [6.07, 6.45) is 1.52. The van der Waals surface area contributed by atoms with Crippen molar-refractivity contribution in [3.63, 3.8) is 0 Å². The van der Waals surface area contributed by atoms with Gasteiger partial charge in [0.25, 0.3) is 17.2 Å². The molecule has 0 spiro atoms. The van der Waals surface area contributed by atoms with Crippen molar-refractivity contribution in [1.82, 2.24) is 4.57 Å². The van der Waals surface area contributed by atoms with E-state index in [1.807, 2.05) is 32.0 Å². The van der Waals surface area contributed by atoms with Crippen LogP contribution in [0.2, 0.25) is 0 Å². The maximum Gasteiger partial charge on any atom is 0.269 e.